The van der Waals surface area contributed by atoms with Gasteiger partial charge in [-0.3, -0.25) is 9.59 Å². The first-order valence-corrected chi connectivity index (χ1v) is 10.1. The zero-order chi connectivity index (χ0) is 22.6. The third-order valence-corrected chi connectivity index (χ3v) is 3.95. The molecular weight excluding hydrogens is 497 g/mol. The number of rotatable bonds is 5. The third kappa shape index (κ3) is 18.1. The van der Waals surface area contributed by atoms with Crippen LogP contribution in [0.1, 0.15) is 50.3 Å². The van der Waals surface area contributed by atoms with Gasteiger partial charge in [0, 0.05) is 11.1 Å². The van der Waals surface area contributed by atoms with Crippen molar-refractivity contribution in [2.75, 3.05) is 0 Å². The first-order valence-electron chi connectivity index (χ1n) is 7.61. The molecule has 0 aliphatic rings. The molecule has 0 saturated carbocycles. The fourth-order valence-corrected chi connectivity index (χ4v) is 2.32. The molecule has 0 fully saturated rings. The second kappa shape index (κ2) is 21.0. The number of aldehydes is 2. The molecule has 2 rings (SSSR count). The number of carbonyl (C=O) groups excluding carboxylic acids is 2. The molecule has 10 nitrogen and oxygen atoms in total. The Hall–Kier alpha value is 0.680. The predicted octanol–water partition coefficient (Wildman–Crippen LogP) is -8.06. The molecule has 2 aromatic carbocycles. The minimum absolute atomic E-state index is 0. The minimum atomic E-state index is -4.77. The van der Waals surface area contributed by atoms with E-state index in [-0.39, 0.29) is 94.2 Å². The van der Waals surface area contributed by atoms with E-state index >= 15 is 0 Å². The maximum absolute atomic E-state index is 10.5. The number of carbonyl (C=O) groups is 2. The Morgan fingerprint density at radius 1 is 0.906 bits per heavy atom. The standard InChI is InChI=1S/C9H12O5S.C8H6O2.3Na.H2O3S/c1-6(10)7-3-2-4-8(5-7)9(11)15(12,13)14;9-5-7-2-1-3-8(4-7)6-10;;;;1-4(2)3/h2-6,9-11H,1H3,(H,12,13,14);1-6H;;;;(H2,1,2,3)/q;;3*+1;/p-2. The van der Waals surface area contributed by atoms with Gasteiger partial charge in [-0.2, -0.15) is 0 Å². The van der Waals surface area contributed by atoms with Gasteiger partial charge in [0.1, 0.15) is 22.7 Å². The summed E-state index contributed by atoms with van der Waals surface area (Å²) in [6.07, 6.45) is 0.645. The summed E-state index contributed by atoms with van der Waals surface area (Å²) in [6.45, 7) is 1.50. The van der Waals surface area contributed by atoms with Crippen molar-refractivity contribution in [3.63, 3.8) is 0 Å². The number of aliphatic hydroxyl groups is 2. The van der Waals surface area contributed by atoms with E-state index in [9.17, 15) is 32.8 Å². The number of hydrogen-bond acceptors (Lipinski definition) is 9. The van der Waals surface area contributed by atoms with Gasteiger partial charge in [-0.25, -0.2) is 12.6 Å². The average molecular weight is 515 g/mol. The van der Waals surface area contributed by atoms with E-state index in [1.807, 2.05) is 0 Å². The maximum Gasteiger partial charge on any atom is 1.00 e. The van der Waals surface area contributed by atoms with Crippen LogP contribution in [-0.4, -0.2) is 49.1 Å². The van der Waals surface area contributed by atoms with Gasteiger partial charge < -0.3 is 23.9 Å². The van der Waals surface area contributed by atoms with E-state index in [1.165, 1.54) is 25.1 Å². The summed E-state index contributed by atoms with van der Waals surface area (Å²) >= 11 is -2.86. The van der Waals surface area contributed by atoms with Crippen LogP contribution in [0.4, 0.5) is 0 Å². The quantitative estimate of drug-likeness (QED) is 0.149. The largest absolute Gasteiger partial charge is 1.00 e. The summed E-state index contributed by atoms with van der Waals surface area (Å²) < 4.78 is 55.7. The molecule has 3 N–H and O–H groups in total. The summed E-state index contributed by atoms with van der Waals surface area (Å²) in [7, 11) is -4.77. The van der Waals surface area contributed by atoms with Crippen LogP contribution in [-0.2, 0) is 21.5 Å². The van der Waals surface area contributed by atoms with E-state index in [1.54, 1.807) is 30.3 Å². The fraction of sp³-hybridized carbons (Fsp3) is 0.176. The second-order valence-electron chi connectivity index (χ2n) is 5.31. The summed E-state index contributed by atoms with van der Waals surface area (Å²) in [5.41, 5.74) is -0.621. The summed E-state index contributed by atoms with van der Waals surface area (Å²) in [6, 6.07) is 12.1. The van der Waals surface area contributed by atoms with Crippen molar-refractivity contribution in [1.29, 1.82) is 0 Å². The van der Waals surface area contributed by atoms with Crippen molar-refractivity contribution >= 4 is 34.1 Å². The molecule has 0 radical (unpaired) electrons. The molecule has 32 heavy (non-hydrogen) atoms. The molecule has 0 aromatic heterocycles. The molecule has 3 atom stereocenters. The molecule has 0 spiro atoms. The van der Waals surface area contributed by atoms with Gasteiger partial charge in [0.05, 0.1) is 17.5 Å². The van der Waals surface area contributed by atoms with E-state index in [0.717, 1.165) is 0 Å². The van der Waals surface area contributed by atoms with Crippen LogP contribution >= 0.6 is 0 Å². The van der Waals surface area contributed by atoms with Crippen molar-refractivity contribution in [2.24, 2.45) is 0 Å². The molecular formula is C17H18Na3O10S2+. The average Bonchev–Trinajstić information content (AvgIpc) is 2.66. The van der Waals surface area contributed by atoms with Gasteiger partial charge in [-0.1, -0.05) is 36.4 Å². The van der Waals surface area contributed by atoms with Crippen LogP contribution < -0.4 is 88.7 Å². The van der Waals surface area contributed by atoms with Crippen molar-refractivity contribution < 1.29 is 135 Å². The first-order chi connectivity index (χ1) is 13.4. The van der Waals surface area contributed by atoms with Gasteiger partial charge >= 0.3 is 88.7 Å². The van der Waals surface area contributed by atoms with Crippen molar-refractivity contribution in [3.05, 3.63) is 70.8 Å². The molecule has 3 unspecified atom stereocenters. The Bertz CT molecular complexity index is 912. The summed E-state index contributed by atoms with van der Waals surface area (Å²) in [5.74, 6) is 0. The molecule has 160 valence electrons. The zero-order valence-electron chi connectivity index (χ0n) is 17.9. The van der Waals surface area contributed by atoms with Gasteiger partial charge in [0.2, 0.25) is 0 Å². The van der Waals surface area contributed by atoms with Crippen LogP contribution in [0.5, 0.6) is 0 Å². The van der Waals surface area contributed by atoms with Crippen LogP contribution in [0.25, 0.3) is 0 Å². The Morgan fingerprint density at radius 2 is 1.28 bits per heavy atom. The summed E-state index contributed by atoms with van der Waals surface area (Å²) in [5, 5.41) is 18.4. The Labute approximate surface area is 254 Å². The number of benzene rings is 2. The Morgan fingerprint density at radius 3 is 1.62 bits per heavy atom. The van der Waals surface area contributed by atoms with Crippen LogP contribution in [0.15, 0.2) is 48.5 Å². The van der Waals surface area contributed by atoms with Crippen LogP contribution in [0.2, 0.25) is 0 Å². The number of aliphatic hydroxyl groups excluding tert-OH is 2. The summed E-state index contributed by atoms with van der Waals surface area (Å²) in [4.78, 5) is 20.3. The maximum atomic E-state index is 10.5. The van der Waals surface area contributed by atoms with Crippen molar-refractivity contribution in [3.8, 4) is 0 Å². The van der Waals surface area contributed by atoms with E-state index in [2.05, 4.69) is 0 Å². The topological polar surface area (TPSA) is 192 Å². The van der Waals surface area contributed by atoms with Crippen LogP contribution in [0, 0.1) is 0 Å². The molecule has 0 aliphatic carbocycles. The predicted molar refractivity (Wildman–Crippen MR) is 100 cm³/mol. The monoisotopic (exact) mass is 515 g/mol. The second-order valence-corrected chi connectivity index (χ2v) is 7.18. The van der Waals surface area contributed by atoms with Gasteiger partial charge in [0.25, 0.3) is 0 Å². The van der Waals surface area contributed by atoms with E-state index < -0.39 is 33.0 Å². The first kappa shape index (κ1) is 39.9. The van der Waals surface area contributed by atoms with Crippen molar-refractivity contribution in [2.45, 2.75) is 18.5 Å². The molecule has 0 aliphatic heterocycles. The molecule has 0 saturated heterocycles. The third-order valence-electron chi connectivity index (χ3n) is 3.13. The number of hydrogen-bond donors (Lipinski definition) is 3. The van der Waals surface area contributed by atoms with Gasteiger partial charge in [-0.15, -0.1) is 0 Å². The van der Waals surface area contributed by atoms with E-state index in [4.69, 9.17) is 13.3 Å². The van der Waals surface area contributed by atoms with Crippen LogP contribution in [0.3, 0.4) is 0 Å². The molecule has 0 amide bonds. The fourth-order valence-electron chi connectivity index (χ4n) is 1.84. The Balaban J connectivity index is -0.000000202. The van der Waals surface area contributed by atoms with Crippen molar-refractivity contribution in [1.82, 2.24) is 0 Å². The normalized spacial score (nSPS) is 12.2. The Kier molecular flexibility index (Phi) is 26.2. The van der Waals surface area contributed by atoms with E-state index in [0.29, 0.717) is 29.3 Å². The van der Waals surface area contributed by atoms with Gasteiger partial charge in [0.15, 0.2) is 5.44 Å². The smallest absolute Gasteiger partial charge is 0.750 e. The minimum Gasteiger partial charge on any atom is -0.750 e. The van der Waals surface area contributed by atoms with Gasteiger partial charge in [-0.05, 0) is 30.2 Å². The molecule has 0 heterocycles. The SMILES string of the molecule is CC(O)c1cccc(C(O)S(=O)(=O)[O-])c1.O=Cc1cccc(C=O)c1.O=S([O-])O.[Na+].[Na+].[Na+]. The zero-order valence-corrected chi connectivity index (χ0v) is 25.6. The molecule has 2 aromatic rings. The molecule has 15 heteroatoms. The molecule has 0 bridgehead atoms.